The van der Waals surface area contributed by atoms with Gasteiger partial charge in [-0.2, -0.15) is 0 Å². The Balaban J connectivity index is 2.56. The van der Waals surface area contributed by atoms with Crippen molar-refractivity contribution >= 4 is 17.3 Å². The largest absolute Gasteiger partial charge is 0.478 e. The predicted octanol–water partition coefficient (Wildman–Crippen LogP) is 2.11. The lowest BCUT2D eigenvalue weighted by atomic mass is 10.1. The molecule has 19 heavy (non-hydrogen) atoms. The van der Waals surface area contributed by atoms with Gasteiger partial charge in [-0.25, -0.2) is 4.79 Å². The fourth-order valence-corrected chi connectivity index (χ4v) is 1.75. The second-order valence-corrected chi connectivity index (χ2v) is 4.93. The van der Waals surface area contributed by atoms with Crippen molar-refractivity contribution in [1.82, 2.24) is 4.90 Å². The maximum atomic E-state index is 11.1. The van der Waals surface area contributed by atoms with E-state index in [4.69, 9.17) is 10.8 Å². The molecule has 0 fully saturated rings. The molecule has 1 aromatic rings. The molecule has 0 heterocycles. The zero-order valence-corrected chi connectivity index (χ0v) is 11.8. The van der Waals surface area contributed by atoms with Crippen molar-refractivity contribution in [2.45, 2.75) is 26.3 Å². The number of carboxylic acids is 1. The molecule has 1 aromatic carbocycles. The van der Waals surface area contributed by atoms with Crippen LogP contribution in [0, 0.1) is 0 Å². The third kappa shape index (κ3) is 4.44. The second-order valence-electron chi connectivity index (χ2n) is 4.93. The van der Waals surface area contributed by atoms with Crippen molar-refractivity contribution in [3.8, 4) is 0 Å². The van der Waals surface area contributed by atoms with Crippen LogP contribution in [0.25, 0.3) is 0 Å². The van der Waals surface area contributed by atoms with E-state index in [1.165, 1.54) is 0 Å². The van der Waals surface area contributed by atoms with Crippen molar-refractivity contribution in [3.05, 3.63) is 23.8 Å². The lowest BCUT2D eigenvalue weighted by molar-refractivity contribution is 0.0698. The standard InChI is InChI=1S/C14H23N3O2/c1-10(2)17(3)9-5-8-16-13-11(14(18)19)6-4-7-12(13)15/h4,6-7,10,16H,5,8-9,15H2,1-3H3,(H,18,19). The number of carbonyl (C=O) groups is 1. The molecule has 0 spiro atoms. The summed E-state index contributed by atoms with van der Waals surface area (Å²) in [6, 6.07) is 5.42. The van der Waals surface area contributed by atoms with Crippen molar-refractivity contribution in [2.24, 2.45) is 0 Å². The van der Waals surface area contributed by atoms with Crippen LogP contribution in [-0.4, -0.2) is 42.2 Å². The number of nitrogens with one attached hydrogen (secondary N) is 1. The van der Waals surface area contributed by atoms with E-state index in [1.54, 1.807) is 18.2 Å². The summed E-state index contributed by atoms with van der Waals surface area (Å²) >= 11 is 0. The maximum absolute atomic E-state index is 11.1. The third-order valence-corrected chi connectivity index (χ3v) is 3.20. The van der Waals surface area contributed by atoms with Gasteiger partial charge in [-0.1, -0.05) is 6.07 Å². The SMILES string of the molecule is CC(C)N(C)CCCNc1c(N)cccc1C(=O)O. The van der Waals surface area contributed by atoms with E-state index in [-0.39, 0.29) is 5.56 Å². The van der Waals surface area contributed by atoms with Gasteiger partial charge in [0.05, 0.1) is 16.9 Å². The lowest BCUT2D eigenvalue weighted by Gasteiger charge is -2.21. The highest BCUT2D eigenvalue weighted by Crippen LogP contribution is 2.23. The Morgan fingerprint density at radius 2 is 2.16 bits per heavy atom. The highest BCUT2D eigenvalue weighted by Gasteiger charge is 2.12. The molecule has 0 radical (unpaired) electrons. The molecule has 0 aliphatic rings. The third-order valence-electron chi connectivity index (χ3n) is 3.20. The van der Waals surface area contributed by atoms with Crippen LogP contribution in [0.4, 0.5) is 11.4 Å². The molecule has 0 unspecified atom stereocenters. The molecule has 1 rings (SSSR count). The zero-order chi connectivity index (χ0) is 14.4. The van der Waals surface area contributed by atoms with E-state index in [0.717, 1.165) is 13.0 Å². The number of nitrogen functional groups attached to an aromatic ring is 1. The number of hydrogen-bond donors (Lipinski definition) is 3. The summed E-state index contributed by atoms with van der Waals surface area (Å²) in [5.74, 6) is -0.964. The first-order valence-electron chi connectivity index (χ1n) is 6.49. The van der Waals surface area contributed by atoms with Gasteiger partial charge < -0.3 is 21.1 Å². The number of carboxylic acid groups (broad SMARTS) is 1. The molecular formula is C14H23N3O2. The van der Waals surface area contributed by atoms with E-state index >= 15 is 0 Å². The monoisotopic (exact) mass is 265 g/mol. The van der Waals surface area contributed by atoms with E-state index in [0.29, 0.717) is 24.0 Å². The molecule has 0 atom stereocenters. The number of nitrogens with two attached hydrogens (primary N) is 1. The van der Waals surface area contributed by atoms with Crippen molar-refractivity contribution in [1.29, 1.82) is 0 Å². The van der Waals surface area contributed by atoms with Crippen molar-refractivity contribution in [2.75, 3.05) is 31.2 Å². The number of nitrogens with zero attached hydrogens (tertiary/aromatic N) is 1. The van der Waals surface area contributed by atoms with Gasteiger partial charge in [-0.15, -0.1) is 0 Å². The molecular weight excluding hydrogens is 242 g/mol. The van der Waals surface area contributed by atoms with Gasteiger partial charge in [0.15, 0.2) is 0 Å². The van der Waals surface area contributed by atoms with Crippen LogP contribution in [0.1, 0.15) is 30.6 Å². The molecule has 0 aromatic heterocycles. The van der Waals surface area contributed by atoms with Crippen LogP contribution >= 0.6 is 0 Å². The second kappa shape index (κ2) is 6.99. The summed E-state index contributed by atoms with van der Waals surface area (Å²) in [5.41, 5.74) is 7.02. The van der Waals surface area contributed by atoms with E-state index < -0.39 is 5.97 Å². The number of benzene rings is 1. The highest BCUT2D eigenvalue weighted by atomic mass is 16.4. The number of hydrogen-bond acceptors (Lipinski definition) is 4. The van der Waals surface area contributed by atoms with E-state index in [1.807, 2.05) is 0 Å². The molecule has 0 saturated heterocycles. The average Bonchev–Trinajstić information content (AvgIpc) is 2.35. The summed E-state index contributed by atoms with van der Waals surface area (Å²) in [4.78, 5) is 13.3. The van der Waals surface area contributed by atoms with Gasteiger partial charge in [-0.05, 0) is 46.0 Å². The van der Waals surface area contributed by atoms with E-state index in [9.17, 15) is 4.79 Å². The van der Waals surface area contributed by atoms with Gasteiger partial charge in [0, 0.05) is 12.6 Å². The van der Waals surface area contributed by atoms with Gasteiger partial charge in [0.1, 0.15) is 0 Å². The molecule has 0 aliphatic heterocycles. The first-order chi connectivity index (χ1) is 8.93. The quantitative estimate of drug-likeness (QED) is 0.520. The van der Waals surface area contributed by atoms with Gasteiger partial charge >= 0.3 is 5.97 Å². The molecule has 5 heteroatoms. The molecule has 0 saturated carbocycles. The Hall–Kier alpha value is -1.75. The smallest absolute Gasteiger partial charge is 0.337 e. The van der Waals surface area contributed by atoms with Crippen LogP contribution in [-0.2, 0) is 0 Å². The topological polar surface area (TPSA) is 78.6 Å². The highest BCUT2D eigenvalue weighted by molar-refractivity contribution is 5.97. The molecule has 0 bridgehead atoms. The Bertz CT molecular complexity index is 433. The zero-order valence-electron chi connectivity index (χ0n) is 11.8. The minimum absolute atomic E-state index is 0.220. The number of rotatable bonds is 7. The van der Waals surface area contributed by atoms with Gasteiger partial charge in [0.25, 0.3) is 0 Å². The average molecular weight is 265 g/mol. The first kappa shape index (κ1) is 15.3. The normalized spacial score (nSPS) is 11.0. The summed E-state index contributed by atoms with van der Waals surface area (Å²) in [5, 5.41) is 12.2. The number of para-hydroxylation sites is 1. The van der Waals surface area contributed by atoms with Crippen molar-refractivity contribution < 1.29 is 9.90 Å². The maximum Gasteiger partial charge on any atom is 0.337 e. The van der Waals surface area contributed by atoms with Crippen LogP contribution in [0.15, 0.2) is 18.2 Å². The minimum atomic E-state index is -0.964. The predicted molar refractivity (Wildman–Crippen MR) is 78.7 cm³/mol. The summed E-state index contributed by atoms with van der Waals surface area (Å²) in [6.45, 7) is 5.95. The molecule has 106 valence electrons. The van der Waals surface area contributed by atoms with Crippen LogP contribution < -0.4 is 11.1 Å². The van der Waals surface area contributed by atoms with Gasteiger partial charge in [-0.3, -0.25) is 0 Å². The Kier molecular flexibility index (Phi) is 5.63. The van der Waals surface area contributed by atoms with Crippen LogP contribution in [0.2, 0.25) is 0 Å². The van der Waals surface area contributed by atoms with Crippen molar-refractivity contribution in [3.63, 3.8) is 0 Å². The number of aromatic carboxylic acids is 1. The fourth-order valence-electron chi connectivity index (χ4n) is 1.75. The molecule has 4 N–H and O–H groups in total. The fraction of sp³-hybridized carbons (Fsp3) is 0.500. The first-order valence-corrected chi connectivity index (χ1v) is 6.49. The lowest BCUT2D eigenvalue weighted by Crippen LogP contribution is -2.28. The Labute approximate surface area is 114 Å². The Morgan fingerprint density at radius 3 is 2.74 bits per heavy atom. The Morgan fingerprint density at radius 1 is 1.47 bits per heavy atom. The molecule has 0 aliphatic carbocycles. The van der Waals surface area contributed by atoms with Crippen LogP contribution in [0.5, 0.6) is 0 Å². The summed E-state index contributed by atoms with van der Waals surface area (Å²) in [7, 11) is 2.07. The molecule has 5 nitrogen and oxygen atoms in total. The van der Waals surface area contributed by atoms with Crippen LogP contribution in [0.3, 0.4) is 0 Å². The summed E-state index contributed by atoms with van der Waals surface area (Å²) in [6.07, 6.45) is 0.933. The van der Waals surface area contributed by atoms with Gasteiger partial charge in [0.2, 0.25) is 0 Å². The summed E-state index contributed by atoms with van der Waals surface area (Å²) < 4.78 is 0. The minimum Gasteiger partial charge on any atom is -0.478 e. The number of anilines is 2. The van der Waals surface area contributed by atoms with E-state index in [2.05, 4.69) is 31.1 Å². The molecule has 0 amide bonds.